The fourth-order valence-electron chi connectivity index (χ4n) is 3.63. The third kappa shape index (κ3) is 6.07. The van der Waals surface area contributed by atoms with E-state index in [-0.39, 0.29) is 35.5 Å². The summed E-state index contributed by atoms with van der Waals surface area (Å²) >= 11 is 5.95. The molecule has 1 aliphatic rings. The molecule has 0 radical (unpaired) electrons. The fourth-order valence-corrected chi connectivity index (χ4v) is 6.21. The van der Waals surface area contributed by atoms with Crippen molar-refractivity contribution in [3.63, 3.8) is 0 Å². The maximum atomic E-state index is 13.5. The highest BCUT2D eigenvalue weighted by Gasteiger charge is 2.27. The van der Waals surface area contributed by atoms with Gasteiger partial charge in [-0.05, 0) is 66.9 Å². The van der Waals surface area contributed by atoms with Crippen LogP contribution in [0.3, 0.4) is 0 Å². The lowest BCUT2D eigenvalue weighted by Crippen LogP contribution is -2.32. The topological polar surface area (TPSA) is 106 Å². The number of sulfonamides is 2. The summed E-state index contributed by atoms with van der Waals surface area (Å²) in [5.41, 5.74) is 0.747. The summed E-state index contributed by atoms with van der Waals surface area (Å²) in [5.74, 6) is 0.482. The molecule has 1 aromatic heterocycles. The number of hydrogen-bond acceptors (Lipinski definition) is 6. The van der Waals surface area contributed by atoms with Crippen LogP contribution in [0.4, 0.5) is 0 Å². The number of nitrogens with one attached hydrogen (secondary N) is 1. The molecule has 11 heteroatoms. The van der Waals surface area contributed by atoms with Gasteiger partial charge in [-0.1, -0.05) is 23.7 Å². The molecule has 0 amide bonds. The molecule has 1 saturated heterocycles. The second-order valence-electron chi connectivity index (χ2n) is 7.94. The van der Waals surface area contributed by atoms with Crippen LogP contribution in [0.15, 0.2) is 81.1 Å². The van der Waals surface area contributed by atoms with Gasteiger partial charge in [0.2, 0.25) is 20.0 Å². The SMILES string of the molecule is O=S(=O)(NCC1CCCO1)c1ccc(S(=O)(=O)N(Cc2ccc(Cl)cc2)Cc2ccco2)cc1. The lowest BCUT2D eigenvalue weighted by atomic mass is 10.2. The second kappa shape index (κ2) is 10.6. The van der Waals surface area contributed by atoms with Crippen molar-refractivity contribution in [3.05, 3.63) is 83.3 Å². The minimum atomic E-state index is -3.97. The average molecular weight is 525 g/mol. The zero-order valence-electron chi connectivity index (χ0n) is 18.3. The first-order valence-corrected chi connectivity index (χ1v) is 14.0. The van der Waals surface area contributed by atoms with Gasteiger partial charge in [0.05, 0.1) is 28.7 Å². The number of rotatable bonds is 10. The average Bonchev–Trinajstić information content (AvgIpc) is 3.53. The van der Waals surface area contributed by atoms with Crippen LogP contribution in [0, 0.1) is 0 Å². The largest absolute Gasteiger partial charge is 0.468 e. The Morgan fingerprint density at radius 2 is 1.65 bits per heavy atom. The monoisotopic (exact) mass is 524 g/mol. The smallest absolute Gasteiger partial charge is 0.243 e. The van der Waals surface area contributed by atoms with Crippen LogP contribution in [-0.4, -0.2) is 40.4 Å². The zero-order valence-corrected chi connectivity index (χ0v) is 20.7. The molecule has 0 bridgehead atoms. The quantitative estimate of drug-likeness (QED) is 0.432. The Morgan fingerprint density at radius 3 is 2.26 bits per heavy atom. The van der Waals surface area contributed by atoms with E-state index in [2.05, 4.69) is 4.72 Å². The fraction of sp³-hybridized carbons (Fsp3) is 0.304. The van der Waals surface area contributed by atoms with Crippen molar-refractivity contribution in [2.75, 3.05) is 13.2 Å². The molecule has 182 valence electrons. The lowest BCUT2D eigenvalue weighted by Gasteiger charge is -2.22. The zero-order chi connectivity index (χ0) is 24.2. The Kier molecular flexibility index (Phi) is 7.76. The molecule has 1 aliphatic heterocycles. The Balaban J connectivity index is 1.54. The van der Waals surface area contributed by atoms with Gasteiger partial charge in [0.1, 0.15) is 5.76 Å². The number of nitrogens with zero attached hydrogens (tertiary/aromatic N) is 1. The van der Waals surface area contributed by atoms with E-state index >= 15 is 0 Å². The van der Waals surface area contributed by atoms with E-state index in [4.69, 9.17) is 20.8 Å². The predicted molar refractivity (Wildman–Crippen MR) is 127 cm³/mol. The van der Waals surface area contributed by atoms with Crippen molar-refractivity contribution < 1.29 is 26.0 Å². The van der Waals surface area contributed by atoms with Gasteiger partial charge in [-0.2, -0.15) is 4.31 Å². The lowest BCUT2D eigenvalue weighted by molar-refractivity contribution is 0.114. The summed E-state index contributed by atoms with van der Waals surface area (Å²) < 4.78 is 66.8. The summed E-state index contributed by atoms with van der Waals surface area (Å²) in [4.78, 5) is -0.0363. The standard InChI is InChI=1S/C23H25ClN2O6S2/c24-19-7-5-18(6-8-19)16-26(17-21-4-2-14-32-21)34(29,30)23-11-9-22(10-12-23)33(27,28)25-15-20-3-1-13-31-20/h2,4-12,14,20,25H,1,3,13,15-17H2. The molecule has 1 unspecified atom stereocenters. The van der Waals surface area contributed by atoms with Crippen LogP contribution in [0.25, 0.3) is 0 Å². The molecular weight excluding hydrogens is 500 g/mol. The Bertz CT molecular complexity index is 1290. The van der Waals surface area contributed by atoms with Crippen LogP contribution in [0.5, 0.6) is 0 Å². The summed E-state index contributed by atoms with van der Waals surface area (Å²) in [6.07, 6.45) is 3.05. The minimum absolute atomic E-state index is 0.0141. The van der Waals surface area contributed by atoms with Gasteiger partial charge in [-0.15, -0.1) is 0 Å². The number of furan rings is 1. The van der Waals surface area contributed by atoms with Crippen LogP contribution in [0.1, 0.15) is 24.2 Å². The molecule has 2 heterocycles. The van der Waals surface area contributed by atoms with Gasteiger partial charge >= 0.3 is 0 Å². The summed E-state index contributed by atoms with van der Waals surface area (Å²) in [7, 11) is -7.76. The first-order chi connectivity index (χ1) is 16.2. The van der Waals surface area contributed by atoms with Crippen molar-refractivity contribution in [1.29, 1.82) is 0 Å². The molecule has 0 aliphatic carbocycles. The van der Waals surface area contributed by atoms with Crippen molar-refractivity contribution in [1.82, 2.24) is 9.03 Å². The molecule has 0 spiro atoms. The molecule has 0 saturated carbocycles. The normalized spacial score (nSPS) is 16.8. The molecule has 1 atom stereocenters. The van der Waals surface area contributed by atoms with E-state index in [0.717, 1.165) is 18.4 Å². The van der Waals surface area contributed by atoms with Crippen LogP contribution < -0.4 is 4.72 Å². The molecule has 3 aromatic rings. The first-order valence-electron chi connectivity index (χ1n) is 10.7. The molecule has 2 aromatic carbocycles. The number of ether oxygens (including phenoxy) is 1. The predicted octanol–water partition coefficient (Wildman–Crippen LogP) is 3.78. The van der Waals surface area contributed by atoms with E-state index < -0.39 is 20.0 Å². The van der Waals surface area contributed by atoms with E-state index in [1.807, 2.05) is 0 Å². The highest BCUT2D eigenvalue weighted by molar-refractivity contribution is 7.89. The summed E-state index contributed by atoms with van der Waals surface area (Å²) in [6.45, 7) is 0.911. The van der Waals surface area contributed by atoms with E-state index in [1.54, 1.807) is 36.4 Å². The third-order valence-electron chi connectivity index (χ3n) is 5.48. The Hall–Kier alpha value is -2.21. The number of halogens is 1. The molecular formula is C23H25ClN2O6S2. The summed E-state index contributed by atoms with van der Waals surface area (Å²) in [6, 6.07) is 15.4. The van der Waals surface area contributed by atoms with E-state index in [1.165, 1.54) is 34.8 Å². The van der Waals surface area contributed by atoms with Crippen molar-refractivity contribution in [2.24, 2.45) is 0 Å². The second-order valence-corrected chi connectivity index (χ2v) is 12.1. The Labute approximate surface area is 204 Å². The van der Waals surface area contributed by atoms with Gasteiger partial charge in [-0.25, -0.2) is 21.6 Å². The molecule has 34 heavy (non-hydrogen) atoms. The van der Waals surface area contributed by atoms with Gasteiger partial charge in [0.25, 0.3) is 0 Å². The molecule has 8 nitrogen and oxygen atoms in total. The molecule has 1 N–H and O–H groups in total. The van der Waals surface area contributed by atoms with Crippen molar-refractivity contribution in [3.8, 4) is 0 Å². The van der Waals surface area contributed by atoms with Gasteiger partial charge < -0.3 is 9.15 Å². The molecule has 1 fully saturated rings. The van der Waals surface area contributed by atoms with Gasteiger partial charge in [-0.3, -0.25) is 0 Å². The summed E-state index contributed by atoms with van der Waals surface area (Å²) in [5, 5.41) is 0.550. The van der Waals surface area contributed by atoms with Gasteiger partial charge in [0.15, 0.2) is 0 Å². The van der Waals surface area contributed by atoms with E-state index in [0.29, 0.717) is 17.4 Å². The maximum absolute atomic E-state index is 13.5. The minimum Gasteiger partial charge on any atom is -0.468 e. The van der Waals surface area contributed by atoms with Crippen LogP contribution in [-0.2, 0) is 37.9 Å². The van der Waals surface area contributed by atoms with E-state index in [9.17, 15) is 16.8 Å². The Morgan fingerprint density at radius 1 is 0.941 bits per heavy atom. The molecule has 4 rings (SSSR count). The van der Waals surface area contributed by atoms with Crippen molar-refractivity contribution in [2.45, 2.75) is 41.8 Å². The van der Waals surface area contributed by atoms with Crippen LogP contribution in [0.2, 0.25) is 5.02 Å². The van der Waals surface area contributed by atoms with Crippen molar-refractivity contribution >= 4 is 31.6 Å². The van der Waals surface area contributed by atoms with Crippen LogP contribution >= 0.6 is 11.6 Å². The highest BCUT2D eigenvalue weighted by atomic mass is 35.5. The first kappa shape index (κ1) is 24.9. The highest BCUT2D eigenvalue weighted by Crippen LogP contribution is 2.24. The number of hydrogen-bond donors (Lipinski definition) is 1. The van der Waals surface area contributed by atoms with Gasteiger partial charge in [0, 0.05) is 24.7 Å². The maximum Gasteiger partial charge on any atom is 0.243 e. The third-order valence-corrected chi connectivity index (χ3v) is 8.98. The number of benzene rings is 2.